The van der Waals surface area contributed by atoms with Crippen LogP contribution in [0.4, 0.5) is 5.69 Å². The van der Waals surface area contributed by atoms with Gasteiger partial charge in [0.15, 0.2) is 0 Å². The van der Waals surface area contributed by atoms with Gasteiger partial charge in [-0.05, 0) is 40.8 Å². The minimum atomic E-state index is -0.0527. The third-order valence-electron chi connectivity index (χ3n) is 3.85. The molecule has 0 bridgehead atoms. The van der Waals surface area contributed by atoms with Crippen LogP contribution < -0.4 is 10.2 Å². The number of hydrogen-bond donors (Lipinski definition) is 1. The number of rotatable bonds is 5. The van der Waals surface area contributed by atoms with E-state index in [0.29, 0.717) is 12.1 Å². The van der Waals surface area contributed by atoms with Crippen molar-refractivity contribution in [2.45, 2.75) is 27.3 Å². The van der Waals surface area contributed by atoms with E-state index in [2.05, 4.69) is 55.3 Å². The molecule has 1 N–H and O–H groups in total. The molecule has 0 aliphatic carbocycles. The number of nitrogens with one attached hydrogen (secondary N) is 1. The van der Waals surface area contributed by atoms with Crippen molar-refractivity contribution in [2.75, 3.05) is 19.0 Å². The molecular formula is C22H28N2O. The predicted octanol–water partition coefficient (Wildman–Crippen LogP) is 4.74. The van der Waals surface area contributed by atoms with Crippen LogP contribution in [0.2, 0.25) is 0 Å². The molecule has 1 amide bonds. The lowest BCUT2D eigenvalue weighted by molar-refractivity contribution is 0.0951. The lowest BCUT2D eigenvalue weighted by Crippen LogP contribution is -2.22. The molecule has 2 rings (SSSR count). The lowest BCUT2D eigenvalue weighted by Gasteiger charge is -2.13. The Hall–Kier alpha value is -2.55. The van der Waals surface area contributed by atoms with Gasteiger partial charge in [0.05, 0.1) is 0 Å². The summed E-state index contributed by atoms with van der Waals surface area (Å²) in [5.41, 5.74) is 4.17. The number of nitrogens with zero attached hydrogens (tertiary/aromatic N) is 1. The number of amides is 1. The second-order valence-corrected chi connectivity index (χ2v) is 7.56. The van der Waals surface area contributed by atoms with Crippen molar-refractivity contribution >= 4 is 17.7 Å². The van der Waals surface area contributed by atoms with E-state index in [4.69, 9.17) is 0 Å². The molecule has 0 atom stereocenters. The molecule has 0 aliphatic heterocycles. The summed E-state index contributed by atoms with van der Waals surface area (Å²) in [6, 6.07) is 15.9. The van der Waals surface area contributed by atoms with Gasteiger partial charge >= 0.3 is 0 Å². The van der Waals surface area contributed by atoms with Crippen LogP contribution in [0, 0.1) is 5.41 Å². The fourth-order valence-corrected chi connectivity index (χ4v) is 2.29. The van der Waals surface area contributed by atoms with E-state index in [1.54, 1.807) is 0 Å². The minimum absolute atomic E-state index is 0.0527. The number of carbonyl (C=O) groups is 1. The third kappa shape index (κ3) is 6.11. The average Bonchev–Trinajstić information content (AvgIpc) is 2.58. The predicted molar refractivity (Wildman–Crippen MR) is 107 cm³/mol. The zero-order valence-electron chi connectivity index (χ0n) is 15.8. The zero-order valence-corrected chi connectivity index (χ0v) is 15.8. The van der Waals surface area contributed by atoms with E-state index in [-0.39, 0.29) is 11.3 Å². The highest BCUT2D eigenvalue weighted by molar-refractivity contribution is 5.94. The monoisotopic (exact) mass is 336 g/mol. The maximum atomic E-state index is 12.3. The lowest BCUT2D eigenvalue weighted by atomic mass is 9.95. The Kier molecular flexibility index (Phi) is 6.02. The molecule has 0 fully saturated rings. The van der Waals surface area contributed by atoms with E-state index < -0.39 is 0 Å². The largest absolute Gasteiger partial charge is 0.378 e. The molecule has 3 heteroatoms. The summed E-state index contributed by atoms with van der Waals surface area (Å²) in [5.74, 6) is -0.0527. The highest BCUT2D eigenvalue weighted by Gasteiger charge is 2.06. The highest BCUT2D eigenvalue weighted by atomic mass is 16.1. The summed E-state index contributed by atoms with van der Waals surface area (Å²) in [6.07, 6.45) is 4.26. The number of allylic oxidation sites excluding steroid dienone is 1. The van der Waals surface area contributed by atoms with Crippen LogP contribution in [0.25, 0.3) is 6.08 Å². The molecule has 132 valence electrons. The molecular weight excluding hydrogens is 308 g/mol. The van der Waals surface area contributed by atoms with Gasteiger partial charge in [-0.15, -0.1) is 0 Å². The zero-order chi connectivity index (χ0) is 18.4. The van der Waals surface area contributed by atoms with Gasteiger partial charge in [0.1, 0.15) is 0 Å². The van der Waals surface area contributed by atoms with Crippen molar-refractivity contribution in [2.24, 2.45) is 5.41 Å². The van der Waals surface area contributed by atoms with Gasteiger partial charge in [-0.25, -0.2) is 0 Å². The molecule has 3 nitrogen and oxygen atoms in total. The normalized spacial score (nSPS) is 11.6. The molecule has 0 unspecified atom stereocenters. The van der Waals surface area contributed by atoms with Crippen LogP contribution in [0.5, 0.6) is 0 Å². The fourth-order valence-electron chi connectivity index (χ4n) is 2.29. The molecule has 2 aromatic rings. The minimum Gasteiger partial charge on any atom is -0.378 e. The Labute approximate surface area is 151 Å². The molecule has 0 spiro atoms. The summed E-state index contributed by atoms with van der Waals surface area (Å²) in [5, 5.41) is 2.97. The van der Waals surface area contributed by atoms with E-state index in [1.165, 1.54) is 0 Å². The van der Waals surface area contributed by atoms with E-state index >= 15 is 0 Å². The number of carbonyl (C=O) groups excluding carboxylic acids is 1. The van der Waals surface area contributed by atoms with Gasteiger partial charge in [0.2, 0.25) is 0 Å². The summed E-state index contributed by atoms with van der Waals surface area (Å²) in [7, 11) is 4.02. The standard InChI is InChI=1S/C22H28N2O/c1-22(2,3)15-14-17-6-10-19(11-7-17)21(25)23-16-18-8-12-20(13-9-18)24(4)5/h6-15H,16H2,1-5H3,(H,23,25). The average molecular weight is 336 g/mol. The Balaban J connectivity index is 1.93. The van der Waals surface area contributed by atoms with Crippen LogP contribution >= 0.6 is 0 Å². The molecule has 0 saturated heterocycles. The van der Waals surface area contributed by atoms with Crippen molar-refractivity contribution in [3.63, 3.8) is 0 Å². The van der Waals surface area contributed by atoms with Gasteiger partial charge < -0.3 is 10.2 Å². The Morgan fingerprint density at radius 2 is 1.60 bits per heavy atom. The Morgan fingerprint density at radius 1 is 1.00 bits per heavy atom. The van der Waals surface area contributed by atoms with Crippen LogP contribution in [0.3, 0.4) is 0 Å². The first-order valence-electron chi connectivity index (χ1n) is 8.58. The first-order valence-corrected chi connectivity index (χ1v) is 8.58. The number of benzene rings is 2. The van der Waals surface area contributed by atoms with Crippen molar-refractivity contribution in [3.05, 3.63) is 71.3 Å². The Bertz CT molecular complexity index is 720. The van der Waals surface area contributed by atoms with Crippen LogP contribution in [-0.4, -0.2) is 20.0 Å². The Morgan fingerprint density at radius 3 is 2.12 bits per heavy atom. The third-order valence-corrected chi connectivity index (χ3v) is 3.85. The quantitative estimate of drug-likeness (QED) is 0.855. The van der Waals surface area contributed by atoms with E-state index in [0.717, 1.165) is 16.8 Å². The molecule has 0 saturated carbocycles. The number of anilines is 1. The molecule has 0 aromatic heterocycles. The fraction of sp³-hybridized carbons (Fsp3) is 0.318. The summed E-state index contributed by atoms with van der Waals surface area (Å²) >= 11 is 0. The summed E-state index contributed by atoms with van der Waals surface area (Å²) in [6.45, 7) is 7.02. The second kappa shape index (κ2) is 8.02. The van der Waals surface area contributed by atoms with Crippen LogP contribution in [0.1, 0.15) is 42.3 Å². The first-order chi connectivity index (χ1) is 11.7. The van der Waals surface area contributed by atoms with Crippen molar-refractivity contribution in [1.29, 1.82) is 0 Å². The summed E-state index contributed by atoms with van der Waals surface area (Å²) < 4.78 is 0. The van der Waals surface area contributed by atoms with Crippen molar-refractivity contribution in [1.82, 2.24) is 5.32 Å². The molecule has 2 aromatic carbocycles. The first kappa shape index (κ1) is 18.8. The topological polar surface area (TPSA) is 32.3 Å². The maximum absolute atomic E-state index is 12.3. The van der Waals surface area contributed by atoms with Crippen molar-refractivity contribution < 1.29 is 4.79 Å². The van der Waals surface area contributed by atoms with E-state index in [9.17, 15) is 4.79 Å². The number of hydrogen-bond acceptors (Lipinski definition) is 2. The van der Waals surface area contributed by atoms with Crippen LogP contribution in [0.15, 0.2) is 54.6 Å². The molecule has 0 aliphatic rings. The second-order valence-electron chi connectivity index (χ2n) is 7.56. The molecule has 0 radical (unpaired) electrons. The maximum Gasteiger partial charge on any atom is 0.251 e. The molecule has 25 heavy (non-hydrogen) atoms. The van der Waals surface area contributed by atoms with Gasteiger partial charge in [-0.1, -0.05) is 57.2 Å². The summed E-state index contributed by atoms with van der Waals surface area (Å²) in [4.78, 5) is 14.3. The van der Waals surface area contributed by atoms with Gasteiger partial charge in [0, 0.05) is 31.9 Å². The smallest absolute Gasteiger partial charge is 0.251 e. The highest BCUT2D eigenvalue weighted by Crippen LogP contribution is 2.17. The van der Waals surface area contributed by atoms with Crippen LogP contribution in [-0.2, 0) is 6.54 Å². The van der Waals surface area contributed by atoms with Gasteiger partial charge in [-0.3, -0.25) is 4.79 Å². The van der Waals surface area contributed by atoms with Gasteiger partial charge in [0.25, 0.3) is 5.91 Å². The van der Waals surface area contributed by atoms with Gasteiger partial charge in [-0.2, -0.15) is 0 Å². The van der Waals surface area contributed by atoms with Crippen molar-refractivity contribution in [3.8, 4) is 0 Å². The molecule has 0 heterocycles. The van der Waals surface area contributed by atoms with E-state index in [1.807, 2.05) is 50.5 Å². The SMILES string of the molecule is CN(C)c1ccc(CNC(=O)c2ccc(C=CC(C)(C)C)cc2)cc1.